The first-order valence-electron chi connectivity index (χ1n) is 11.0. The van der Waals surface area contributed by atoms with Crippen LogP contribution in [0.25, 0.3) is 22.0 Å². The highest BCUT2D eigenvalue weighted by molar-refractivity contribution is 5.94. The van der Waals surface area contributed by atoms with Gasteiger partial charge in [-0.2, -0.15) is 5.10 Å². The summed E-state index contributed by atoms with van der Waals surface area (Å²) >= 11 is 0. The molecule has 0 aliphatic carbocycles. The molecule has 3 aromatic heterocycles. The van der Waals surface area contributed by atoms with Crippen LogP contribution in [-0.4, -0.2) is 62.9 Å². The van der Waals surface area contributed by atoms with E-state index in [0.29, 0.717) is 11.9 Å². The van der Waals surface area contributed by atoms with Crippen molar-refractivity contribution in [3.05, 3.63) is 36.9 Å². The Labute approximate surface area is 181 Å². The number of carbonyl (C=O) groups excluding carboxylic acids is 1. The summed E-state index contributed by atoms with van der Waals surface area (Å²) in [5.74, 6) is 0.699. The molecule has 0 bridgehead atoms. The highest BCUT2D eigenvalue weighted by Crippen LogP contribution is 2.26. The van der Waals surface area contributed by atoms with Gasteiger partial charge in [0.15, 0.2) is 0 Å². The normalized spacial score (nSPS) is 19.0. The number of pyridine rings is 2. The van der Waals surface area contributed by atoms with Crippen molar-refractivity contribution in [2.75, 3.05) is 31.6 Å². The minimum Gasteiger partial charge on any atom is -0.381 e. The first-order valence-corrected chi connectivity index (χ1v) is 11.0. The largest absolute Gasteiger partial charge is 0.381 e. The predicted octanol–water partition coefficient (Wildman–Crippen LogP) is 2.86. The molecule has 0 spiro atoms. The average Bonchev–Trinajstić information content (AvgIpc) is 3.25. The first kappa shape index (κ1) is 20.1. The quantitative estimate of drug-likeness (QED) is 0.699. The molecule has 2 saturated heterocycles. The third-order valence-corrected chi connectivity index (χ3v) is 6.46. The van der Waals surface area contributed by atoms with E-state index in [1.54, 1.807) is 17.1 Å². The van der Waals surface area contributed by atoms with Crippen molar-refractivity contribution in [1.29, 1.82) is 0 Å². The molecule has 0 radical (unpaired) electrons. The van der Waals surface area contributed by atoms with Crippen molar-refractivity contribution in [1.82, 2.24) is 24.6 Å². The lowest BCUT2D eigenvalue weighted by molar-refractivity contribution is -0.121. The van der Waals surface area contributed by atoms with Crippen LogP contribution in [0.15, 0.2) is 36.9 Å². The number of rotatable bonds is 4. The number of anilines is 1. The molecule has 8 nitrogen and oxygen atoms in total. The Hall–Kier alpha value is -2.84. The van der Waals surface area contributed by atoms with Gasteiger partial charge in [0.2, 0.25) is 5.91 Å². The number of aromatic nitrogens is 4. The minimum atomic E-state index is 0.0389. The van der Waals surface area contributed by atoms with E-state index in [1.165, 1.54) is 0 Å². The van der Waals surface area contributed by atoms with Crippen LogP contribution in [0.5, 0.6) is 0 Å². The molecule has 0 unspecified atom stereocenters. The minimum absolute atomic E-state index is 0.0389. The fraction of sp³-hybridized carbons (Fsp3) is 0.478. The molecule has 2 aliphatic heterocycles. The van der Waals surface area contributed by atoms with Crippen LogP contribution in [0.3, 0.4) is 0 Å². The van der Waals surface area contributed by atoms with Crippen LogP contribution in [-0.2, 0) is 16.6 Å². The summed E-state index contributed by atoms with van der Waals surface area (Å²) in [7, 11) is 1.89. The Balaban J connectivity index is 1.24. The van der Waals surface area contributed by atoms with Crippen LogP contribution in [0, 0.1) is 5.92 Å². The molecule has 162 valence electrons. The number of fused-ring (bicyclic) bond motifs is 1. The Morgan fingerprint density at radius 3 is 2.55 bits per heavy atom. The lowest BCUT2D eigenvalue weighted by atomic mass is 9.93. The van der Waals surface area contributed by atoms with Crippen molar-refractivity contribution in [3.8, 4) is 11.3 Å². The standard InChI is InChI=1S/C23H28N6O2/c1-28-15-19(14-26-28)21-10-17-11-22(25-13-18(17)12-24-21)27-23(30)16-2-6-29(7-3-16)20-4-8-31-9-5-20/h10-16,20H,2-9H2,1H3,(H,25,27,30). The van der Waals surface area contributed by atoms with Crippen molar-refractivity contribution in [3.63, 3.8) is 0 Å². The van der Waals surface area contributed by atoms with Crippen LogP contribution in [0.4, 0.5) is 5.82 Å². The van der Waals surface area contributed by atoms with Gasteiger partial charge in [0, 0.05) is 61.8 Å². The van der Waals surface area contributed by atoms with Crippen molar-refractivity contribution in [2.45, 2.75) is 31.7 Å². The highest BCUT2D eigenvalue weighted by Gasteiger charge is 2.29. The number of likely N-dealkylation sites (tertiary alicyclic amines) is 1. The molecule has 1 N–H and O–H groups in total. The summed E-state index contributed by atoms with van der Waals surface area (Å²) < 4.78 is 7.23. The first-order chi connectivity index (χ1) is 15.2. The Morgan fingerprint density at radius 1 is 1.03 bits per heavy atom. The van der Waals surface area contributed by atoms with E-state index in [0.717, 1.165) is 74.0 Å². The van der Waals surface area contributed by atoms with E-state index < -0.39 is 0 Å². The number of amides is 1. The number of nitrogens with one attached hydrogen (secondary N) is 1. The molecular weight excluding hydrogens is 392 g/mol. The molecule has 3 aromatic rings. The summed E-state index contributed by atoms with van der Waals surface area (Å²) in [6.45, 7) is 3.68. The fourth-order valence-electron chi connectivity index (χ4n) is 4.62. The summed E-state index contributed by atoms with van der Waals surface area (Å²) in [4.78, 5) is 24.3. The maximum absolute atomic E-state index is 12.9. The van der Waals surface area contributed by atoms with Gasteiger partial charge < -0.3 is 15.0 Å². The van der Waals surface area contributed by atoms with Crippen molar-refractivity contribution in [2.24, 2.45) is 13.0 Å². The van der Waals surface area contributed by atoms with Gasteiger partial charge in [0.25, 0.3) is 0 Å². The van der Waals surface area contributed by atoms with E-state index in [-0.39, 0.29) is 11.8 Å². The zero-order chi connectivity index (χ0) is 21.2. The molecular formula is C23H28N6O2. The number of carbonyl (C=O) groups is 1. The third kappa shape index (κ3) is 4.45. The number of aryl methyl sites for hydroxylation is 1. The van der Waals surface area contributed by atoms with Gasteiger partial charge in [0.1, 0.15) is 5.82 Å². The molecule has 5 heterocycles. The number of nitrogens with zero attached hydrogens (tertiary/aromatic N) is 5. The summed E-state index contributed by atoms with van der Waals surface area (Å²) in [5.41, 5.74) is 1.81. The Bertz CT molecular complexity index is 1070. The molecule has 31 heavy (non-hydrogen) atoms. The zero-order valence-corrected chi connectivity index (χ0v) is 17.8. The molecule has 0 atom stereocenters. The van der Waals surface area contributed by atoms with Crippen molar-refractivity contribution >= 4 is 22.5 Å². The zero-order valence-electron chi connectivity index (χ0n) is 17.8. The maximum atomic E-state index is 12.9. The van der Waals surface area contributed by atoms with Gasteiger partial charge in [-0.25, -0.2) is 4.98 Å². The number of ether oxygens (including phenoxy) is 1. The van der Waals surface area contributed by atoms with E-state index in [1.807, 2.05) is 31.6 Å². The number of hydrogen-bond donors (Lipinski definition) is 1. The van der Waals surface area contributed by atoms with Crippen LogP contribution >= 0.6 is 0 Å². The summed E-state index contributed by atoms with van der Waals surface area (Å²) in [5, 5.41) is 9.18. The van der Waals surface area contributed by atoms with Gasteiger partial charge in [-0.3, -0.25) is 14.5 Å². The third-order valence-electron chi connectivity index (χ3n) is 6.46. The van der Waals surface area contributed by atoms with Crippen LogP contribution in [0.1, 0.15) is 25.7 Å². The van der Waals surface area contributed by atoms with Crippen molar-refractivity contribution < 1.29 is 9.53 Å². The summed E-state index contributed by atoms with van der Waals surface area (Å²) in [6.07, 6.45) is 11.3. The van der Waals surface area contributed by atoms with E-state index in [2.05, 4.69) is 25.3 Å². The van der Waals surface area contributed by atoms with Gasteiger partial charge in [-0.05, 0) is 56.3 Å². The lowest BCUT2D eigenvalue weighted by Crippen LogP contribution is -2.45. The second kappa shape index (κ2) is 8.72. The molecule has 0 saturated carbocycles. The highest BCUT2D eigenvalue weighted by atomic mass is 16.5. The van der Waals surface area contributed by atoms with Gasteiger partial charge in [0.05, 0.1) is 11.9 Å². The van der Waals surface area contributed by atoms with Gasteiger partial charge in [-0.15, -0.1) is 0 Å². The fourth-order valence-corrected chi connectivity index (χ4v) is 4.62. The second-order valence-corrected chi connectivity index (χ2v) is 8.53. The molecule has 5 rings (SSSR count). The molecule has 2 aliphatic rings. The Morgan fingerprint density at radius 2 is 1.81 bits per heavy atom. The van der Waals surface area contributed by atoms with Crippen LogP contribution < -0.4 is 5.32 Å². The smallest absolute Gasteiger partial charge is 0.228 e. The second-order valence-electron chi connectivity index (χ2n) is 8.53. The monoisotopic (exact) mass is 420 g/mol. The molecule has 1 amide bonds. The van der Waals surface area contributed by atoms with E-state index in [4.69, 9.17) is 4.74 Å². The molecule has 0 aromatic carbocycles. The molecule has 8 heteroatoms. The predicted molar refractivity (Wildman–Crippen MR) is 119 cm³/mol. The van der Waals surface area contributed by atoms with Gasteiger partial charge >= 0.3 is 0 Å². The number of hydrogen-bond acceptors (Lipinski definition) is 6. The molecule has 2 fully saturated rings. The lowest BCUT2D eigenvalue weighted by Gasteiger charge is -2.38. The van der Waals surface area contributed by atoms with Crippen LogP contribution in [0.2, 0.25) is 0 Å². The maximum Gasteiger partial charge on any atom is 0.228 e. The SMILES string of the molecule is Cn1cc(-c2cc3cc(NC(=O)C4CCN(C5CCOCC5)CC4)ncc3cn2)cn1. The summed E-state index contributed by atoms with van der Waals surface area (Å²) in [6, 6.07) is 4.55. The van der Waals surface area contributed by atoms with E-state index >= 15 is 0 Å². The average molecular weight is 421 g/mol. The number of piperidine rings is 1. The topological polar surface area (TPSA) is 85.2 Å². The van der Waals surface area contributed by atoms with E-state index in [9.17, 15) is 4.79 Å². The Kier molecular flexibility index (Phi) is 5.65. The van der Waals surface area contributed by atoms with Gasteiger partial charge in [-0.1, -0.05) is 0 Å².